The number of hydrogen-bond donors (Lipinski definition) is 4. The van der Waals surface area contributed by atoms with E-state index in [1.807, 2.05) is 6.21 Å². The number of rotatable bonds is 5. The van der Waals surface area contributed by atoms with Gasteiger partial charge in [-0.1, -0.05) is 19.3 Å². The molecule has 0 spiro atoms. The predicted octanol–water partition coefficient (Wildman–Crippen LogP) is 0.416. The molecule has 0 bridgehead atoms. The lowest BCUT2D eigenvalue weighted by Crippen LogP contribution is -2.33. The normalized spacial score (nSPS) is 29.7. The van der Waals surface area contributed by atoms with Crippen LogP contribution in [-0.2, 0) is 4.74 Å². The summed E-state index contributed by atoms with van der Waals surface area (Å²) in [5.74, 6) is 0.942. The van der Waals surface area contributed by atoms with Crippen molar-refractivity contribution in [3.05, 3.63) is 12.7 Å². The summed E-state index contributed by atoms with van der Waals surface area (Å²) in [7, 11) is 0. The van der Waals surface area contributed by atoms with Gasteiger partial charge in [-0.05, 0) is 18.8 Å². The Morgan fingerprint density at radius 3 is 2.74 bits per heavy atom. The highest BCUT2D eigenvalue weighted by Crippen LogP contribution is 2.32. The quantitative estimate of drug-likeness (QED) is 0.435. The van der Waals surface area contributed by atoms with E-state index in [0.717, 1.165) is 12.8 Å². The average molecular weight is 376 g/mol. The van der Waals surface area contributed by atoms with Crippen LogP contribution < -0.4 is 5.43 Å². The summed E-state index contributed by atoms with van der Waals surface area (Å²) in [6.07, 6.45) is 6.72. The maximum absolute atomic E-state index is 10.2. The Morgan fingerprint density at radius 1 is 1.19 bits per heavy atom. The third kappa shape index (κ3) is 3.53. The standard InChI is InChI=1S/C17H24N6O4/c24-7-11-13(25)14(26)17(27-11)23-9-20-12-15(18-8-19-16(12)23)22-21-6-10-4-2-1-3-5-10/h6,8-11,13-14,17,24-26H,1-5,7H2,(H,18,19,22)/b21-6+. The van der Waals surface area contributed by atoms with Gasteiger partial charge in [0, 0.05) is 6.21 Å². The van der Waals surface area contributed by atoms with Gasteiger partial charge in [-0.25, -0.2) is 15.0 Å². The van der Waals surface area contributed by atoms with Gasteiger partial charge in [0.05, 0.1) is 12.9 Å². The third-order valence-electron chi connectivity index (χ3n) is 5.26. The molecule has 10 nitrogen and oxygen atoms in total. The highest BCUT2D eigenvalue weighted by molar-refractivity contribution is 5.83. The highest BCUT2D eigenvalue weighted by atomic mass is 16.6. The van der Waals surface area contributed by atoms with Crippen LogP contribution in [0.2, 0.25) is 0 Å². The molecule has 4 N–H and O–H groups in total. The second kappa shape index (κ2) is 7.85. The minimum atomic E-state index is -1.20. The molecule has 1 saturated carbocycles. The lowest BCUT2D eigenvalue weighted by atomic mass is 9.90. The molecule has 4 unspecified atom stereocenters. The number of hydrazone groups is 1. The van der Waals surface area contributed by atoms with Crippen molar-refractivity contribution < 1.29 is 20.1 Å². The SMILES string of the molecule is OCC1OC(n2cnc3c(N/N=C/C4CCCCC4)ncnc32)C(O)C1O. The van der Waals surface area contributed by atoms with Crippen LogP contribution in [0.1, 0.15) is 38.3 Å². The fourth-order valence-corrected chi connectivity index (χ4v) is 3.72. The van der Waals surface area contributed by atoms with Gasteiger partial charge >= 0.3 is 0 Å². The lowest BCUT2D eigenvalue weighted by molar-refractivity contribution is -0.0511. The maximum Gasteiger partial charge on any atom is 0.177 e. The third-order valence-corrected chi connectivity index (χ3v) is 5.26. The second-order valence-electron chi connectivity index (χ2n) is 7.06. The van der Waals surface area contributed by atoms with Gasteiger partial charge in [-0.15, -0.1) is 0 Å². The summed E-state index contributed by atoms with van der Waals surface area (Å²) in [6.45, 7) is -0.390. The zero-order valence-corrected chi connectivity index (χ0v) is 14.8. The van der Waals surface area contributed by atoms with E-state index in [4.69, 9.17) is 4.74 Å². The molecule has 146 valence electrons. The monoisotopic (exact) mass is 376 g/mol. The molecule has 4 atom stereocenters. The van der Waals surface area contributed by atoms with Gasteiger partial charge in [0.2, 0.25) is 0 Å². The molecule has 2 fully saturated rings. The number of nitrogens with zero attached hydrogens (tertiary/aromatic N) is 5. The molecule has 0 aromatic carbocycles. The first kappa shape index (κ1) is 18.2. The Balaban J connectivity index is 1.54. The number of aliphatic hydroxyl groups is 3. The molecule has 3 heterocycles. The second-order valence-corrected chi connectivity index (χ2v) is 7.06. The molecule has 0 radical (unpaired) electrons. The number of fused-ring (bicyclic) bond motifs is 1. The first-order valence-electron chi connectivity index (χ1n) is 9.28. The number of nitrogens with one attached hydrogen (secondary N) is 1. The summed E-state index contributed by atoms with van der Waals surface area (Å²) in [5, 5.41) is 33.8. The van der Waals surface area contributed by atoms with Crippen molar-refractivity contribution in [2.24, 2.45) is 11.0 Å². The van der Waals surface area contributed by atoms with E-state index in [9.17, 15) is 15.3 Å². The molecule has 1 aliphatic carbocycles. The fraction of sp³-hybridized carbons (Fsp3) is 0.647. The fourth-order valence-electron chi connectivity index (χ4n) is 3.72. The highest BCUT2D eigenvalue weighted by Gasteiger charge is 2.44. The molecule has 2 aromatic heterocycles. The summed E-state index contributed by atoms with van der Waals surface area (Å²) < 4.78 is 7.07. The first-order chi connectivity index (χ1) is 13.2. The summed E-state index contributed by atoms with van der Waals surface area (Å²) in [5.41, 5.74) is 3.85. The molecule has 1 saturated heterocycles. The molecular weight excluding hydrogens is 352 g/mol. The Bertz CT molecular complexity index is 806. The van der Waals surface area contributed by atoms with E-state index in [2.05, 4.69) is 25.5 Å². The van der Waals surface area contributed by atoms with Crippen LogP contribution in [0.5, 0.6) is 0 Å². The Kier molecular flexibility index (Phi) is 5.30. The van der Waals surface area contributed by atoms with Crippen LogP contribution in [0.15, 0.2) is 17.8 Å². The topological polar surface area (TPSA) is 138 Å². The number of aliphatic hydroxyl groups excluding tert-OH is 3. The minimum absolute atomic E-state index is 0.390. The van der Waals surface area contributed by atoms with Gasteiger partial charge < -0.3 is 20.1 Å². The number of aromatic nitrogens is 4. The average Bonchev–Trinajstić information content (AvgIpc) is 3.25. The molecule has 4 rings (SSSR count). The number of ether oxygens (including phenoxy) is 1. The maximum atomic E-state index is 10.2. The zero-order chi connectivity index (χ0) is 18.8. The number of anilines is 1. The van der Waals surface area contributed by atoms with E-state index in [0.29, 0.717) is 22.9 Å². The molecule has 2 aliphatic rings. The molecular formula is C17H24N6O4. The van der Waals surface area contributed by atoms with Crippen LogP contribution >= 0.6 is 0 Å². The van der Waals surface area contributed by atoms with Gasteiger partial charge in [-0.2, -0.15) is 5.10 Å². The van der Waals surface area contributed by atoms with Crippen molar-refractivity contribution in [1.29, 1.82) is 0 Å². The van der Waals surface area contributed by atoms with E-state index in [-0.39, 0.29) is 6.61 Å². The minimum Gasteiger partial charge on any atom is -0.394 e. The van der Waals surface area contributed by atoms with Crippen molar-refractivity contribution in [2.75, 3.05) is 12.0 Å². The van der Waals surface area contributed by atoms with Gasteiger partial charge in [-0.3, -0.25) is 9.99 Å². The molecule has 27 heavy (non-hydrogen) atoms. The summed E-state index contributed by atoms with van der Waals surface area (Å²) in [6, 6.07) is 0. The smallest absolute Gasteiger partial charge is 0.177 e. The van der Waals surface area contributed by atoms with Crippen LogP contribution in [0.4, 0.5) is 5.82 Å². The van der Waals surface area contributed by atoms with Crippen molar-refractivity contribution in [3.63, 3.8) is 0 Å². The van der Waals surface area contributed by atoms with E-state index in [1.165, 1.54) is 36.5 Å². The van der Waals surface area contributed by atoms with Crippen LogP contribution in [0.25, 0.3) is 11.2 Å². The van der Waals surface area contributed by atoms with Gasteiger partial charge in [0.15, 0.2) is 23.2 Å². The van der Waals surface area contributed by atoms with Crippen LogP contribution in [-0.4, -0.2) is 66.0 Å². The Morgan fingerprint density at radius 2 is 2.00 bits per heavy atom. The first-order valence-corrected chi connectivity index (χ1v) is 9.28. The molecule has 2 aromatic rings. The van der Waals surface area contributed by atoms with Crippen molar-refractivity contribution >= 4 is 23.2 Å². The number of hydrogen-bond acceptors (Lipinski definition) is 9. The number of imidazole rings is 1. The Labute approximate surface area is 155 Å². The van der Waals surface area contributed by atoms with Crippen molar-refractivity contribution in [2.45, 2.75) is 56.6 Å². The largest absolute Gasteiger partial charge is 0.394 e. The molecule has 0 amide bonds. The lowest BCUT2D eigenvalue weighted by Gasteiger charge is -2.17. The molecule has 1 aliphatic heterocycles. The van der Waals surface area contributed by atoms with Crippen LogP contribution in [0.3, 0.4) is 0 Å². The van der Waals surface area contributed by atoms with Gasteiger partial charge in [0.25, 0.3) is 0 Å². The van der Waals surface area contributed by atoms with E-state index >= 15 is 0 Å². The molecule has 10 heteroatoms. The van der Waals surface area contributed by atoms with Crippen LogP contribution in [0, 0.1) is 5.92 Å². The van der Waals surface area contributed by atoms with Crippen molar-refractivity contribution in [1.82, 2.24) is 19.5 Å². The predicted molar refractivity (Wildman–Crippen MR) is 97.0 cm³/mol. The van der Waals surface area contributed by atoms with E-state index in [1.54, 1.807) is 0 Å². The van der Waals surface area contributed by atoms with Gasteiger partial charge in [0.1, 0.15) is 24.6 Å². The summed E-state index contributed by atoms with van der Waals surface area (Å²) in [4.78, 5) is 12.7. The summed E-state index contributed by atoms with van der Waals surface area (Å²) >= 11 is 0. The Hall–Kier alpha value is -2.14. The zero-order valence-electron chi connectivity index (χ0n) is 14.8. The van der Waals surface area contributed by atoms with E-state index < -0.39 is 24.5 Å². The van der Waals surface area contributed by atoms with Crippen molar-refractivity contribution in [3.8, 4) is 0 Å².